The second kappa shape index (κ2) is 9.97. The number of nitrogens with zero attached hydrogens (tertiary/aromatic N) is 1. The van der Waals surface area contributed by atoms with Gasteiger partial charge in [-0.1, -0.05) is 43.0 Å². The monoisotopic (exact) mass is 436 g/mol. The smallest absolute Gasteiger partial charge is 0.309 e. The molecule has 1 fully saturated rings. The van der Waals surface area contributed by atoms with E-state index in [2.05, 4.69) is 16.8 Å². The highest BCUT2D eigenvalue weighted by molar-refractivity contribution is 6.32. The Kier molecular flexibility index (Phi) is 6.87. The van der Waals surface area contributed by atoms with Gasteiger partial charge < -0.3 is 19.5 Å². The van der Waals surface area contributed by atoms with Crippen molar-refractivity contribution in [2.45, 2.75) is 19.4 Å². The predicted molar refractivity (Wildman–Crippen MR) is 122 cm³/mol. The Hall–Kier alpha value is -3.16. The van der Waals surface area contributed by atoms with Gasteiger partial charge in [0.05, 0.1) is 25.2 Å². The third-order valence-electron chi connectivity index (χ3n) is 5.74. The molecule has 3 aliphatic heterocycles. The van der Waals surface area contributed by atoms with Crippen molar-refractivity contribution in [1.29, 1.82) is 0 Å². The molecule has 3 heterocycles. The highest BCUT2D eigenvalue weighted by Crippen LogP contribution is 2.42. The maximum atomic E-state index is 12.7. The lowest BCUT2D eigenvalue weighted by molar-refractivity contribution is -0.146. The third-order valence-corrected chi connectivity index (χ3v) is 5.74. The van der Waals surface area contributed by atoms with Crippen LogP contribution in [0.4, 0.5) is 5.69 Å². The molecule has 0 saturated carbocycles. The average molecular weight is 437 g/mol. The Balaban J connectivity index is 1.51. The van der Waals surface area contributed by atoms with E-state index in [1.165, 1.54) is 0 Å². The van der Waals surface area contributed by atoms with Crippen molar-refractivity contribution in [3.8, 4) is 0 Å². The Labute approximate surface area is 188 Å². The summed E-state index contributed by atoms with van der Waals surface area (Å²) in [6.45, 7) is 9.94. The fraction of sp³-hybridized carbons (Fsp3) is 0.360. The van der Waals surface area contributed by atoms with Crippen molar-refractivity contribution in [1.82, 2.24) is 4.90 Å². The number of hydrogen-bond acceptors (Lipinski definition) is 6. The second-order valence-corrected chi connectivity index (χ2v) is 7.76. The van der Waals surface area contributed by atoms with Gasteiger partial charge in [-0.3, -0.25) is 14.5 Å². The predicted octanol–water partition coefficient (Wildman–Crippen LogP) is 3.07. The number of nitrogens with one attached hydrogen (secondary N) is 1. The fourth-order valence-corrected chi connectivity index (χ4v) is 4.17. The minimum absolute atomic E-state index is 0.0557. The molecule has 32 heavy (non-hydrogen) atoms. The highest BCUT2D eigenvalue weighted by Gasteiger charge is 2.37. The van der Waals surface area contributed by atoms with E-state index in [1.54, 1.807) is 6.08 Å². The molecule has 1 aromatic rings. The van der Waals surface area contributed by atoms with Gasteiger partial charge in [0.25, 0.3) is 5.91 Å². The van der Waals surface area contributed by atoms with Gasteiger partial charge >= 0.3 is 5.97 Å². The first-order valence-electron chi connectivity index (χ1n) is 10.9. The molecule has 1 unspecified atom stereocenters. The van der Waals surface area contributed by atoms with Crippen molar-refractivity contribution in [2.75, 3.05) is 44.8 Å². The first-order chi connectivity index (χ1) is 15.6. The first-order valence-corrected chi connectivity index (χ1v) is 10.9. The summed E-state index contributed by atoms with van der Waals surface area (Å²) in [6, 6.07) is 7.47. The molecule has 1 atom stereocenters. The van der Waals surface area contributed by atoms with E-state index < -0.39 is 6.10 Å². The number of morpholine rings is 1. The Morgan fingerprint density at radius 3 is 2.84 bits per heavy atom. The molecule has 4 rings (SSSR count). The average Bonchev–Trinajstić information content (AvgIpc) is 3.30. The van der Waals surface area contributed by atoms with Crippen LogP contribution in [-0.4, -0.2) is 62.3 Å². The largest absolute Gasteiger partial charge is 0.484 e. The number of anilines is 1. The van der Waals surface area contributed by atoms with E-state index in [9.17, 15) is 9.59 Å². The van der Waals surface area contributed by atoms with Gasteiger partial charge in [-0.2, -0.15) is 0 Å². The maximum absolute atomic E-state index is 12.7. The zero-order valence-electron chi connectivity index (χ0n) is 18.3. The lowest BCUT2D eigenvalue weighted by atomic mass is 9.98. The van der Waals surface area contributed by atoms with E-state index in [1.807, 2.05) is 43.3 Å². The van der Waals surface area contributed by atoms with Crippen LogP contribution in [-0.2, 0) is 23.8 Å². The molecule has 1 aromatic carbocycles. The van der Waals surface area contributed by atoms with Crippen molar-refractivity contribution in [3.05, 3.63) is 71.5 Å². The zero-order valence-corrected chi connectivity index (χ0v) is 18.3. The number of fused-ring (bicyclic) bond motifs is 1. The zero-order chi connectivity index (χ0) is 22.5. The summed E-state index contributed by atoms with van der Waals surface area (Å²) < 4.78 is 17.0. The number of para-hydroxylation sites is 1. The number of rotatable bonds is 7. The maximum Gasteiger partial charge on any atom is 0.309 e. The molecule has 0 aliphatic carbocycles. The summed E-state index contributed by atoms with van der Waals surface area (Å²) in [4.78, 5) is 27.5. The molecule has 1 saturated heterocycles. The number of carbonyl (C=O) groups excluding carboxylic acids is 2. The molecule has 168 valence electrons. The lowest BCUT2D eigenvalue weighted by Gasteiger charge is -2.26. The minimum Gasteiger partial charge on any atom is -0.484 e. The van der Waals surface area contributed by atoms with Crippen molar-refractivity contribution < 1.29 is 23.8 Å². The minimum atomic E-state index is -0.543. The number of benzene rings is 1. The number of hydrogen-bond donors (Lipinski definition) is 1. The van der Waals surface area contributed by atoms with Crippen molar-refractivity contribution in [2.24, 2.45) is 0 Å². The number of carbonyl (C=O) groups is 2. The van der Waals surface area contributed by atoms with Gasteiger partial charge in [0.2, 0.25) is 0 Å². The van der Waals surface area contributed by atoms with Gasteiger partial charge in [-0.15, -0.1) is 0 Å². The number of esters is 1. The van der Waals surface area contributed by atoms with Gasteiger partial charge in [-0.25, -0.2) is 0 Å². The number of amides is 1. The summed E-state index contributed by atoms with van der Waals surface area (Å²) in [5, 5.41) is 2.87. The lowest BCUT2D eigenvalue weighted by Crippen LogP contribution is -2.38. The van der Waals surface area contributed by atoms with Crippen LogP contribution in [0.1, 0.15) is 18.9 Å². The molecular weight excluding hydrogens is 408 g/mol. The molecule has 0 bridgehead atoms. The fourth-order valence-electron chi connectivity index (χ4n) is 4.17. The van der Waals surface area contributed by atoms with E-state index in [0.29, 0.717) is 37.7 Å². The normalized spacial score (nSPS) is 23.3. The van der Waals surface area contributed by atoms with Crippen molar-refractivity contribution in [3.63, 3.8) is 0 Å². The molecule has 7 nitrogen and oxygen atoms in total. The second-order valence-electron chi connectivity index (χ2n) is 7.76. The van der Waals surface area contributed by atoms with Crippen LogP contribution in [0.3, 0.4) is 0 Å². The van der Waals surface area contributed by atoms with E-state index in [-0.39, 0.29) is 18.3 Å². The molecule has 1 N–H and O–H groups in total. The van der Waals surface area contributed by atoms with Crippen LogP contribution in [0.2, 0.25) is 0 Å². The van der Waals surface area contributed by atoms with Crippen LogP contribution in [0.5, 0.6) is 0 Å². The van der Waals surface area contributed by atoms with E-state index in [0.717, 1.165) is 35.5 Å². The molecule has 3 aliphatic rings. The molecule has 0 spiro atoms. The molecule has 0 aromatic heterocycles. The topological polar surface area (TPSA) is 77.1 Å². The summed E-state index contributed by atoms with van der Waals surface area (Å²) >= 11 is 0. The van der Waals surface area contributed by atoms with Crippen LogP contribution in [0.15, 0.2) is 66.0 Å². The third kappa shape index (κ3) is 4.54. The Morgan fingerprint density at radius 1 is 1.31 bits per heavy atom. The summed E-state index contributed by atoms with van der Waals surface area (Å²) in [5.74, 6) is -0.119. The molecule has 7 heteroatoms. The summed E-state index contributed by atoms with van der Waals surface area (Å²) in [6.07, 6.45) is 4.97. The number of ether oxygens (including phenoxy) is 3. The van der Waals surface area contributed by atoms with E-state index in [4.69, 9.17) is 14.2 Å². The van der Waals surface area contributed by atoms with Gasteiger partial charge in [0.15, 0.2) is 0 Å². The van der Waals surface area contributed by atoms with Gasteiger partial charge in [0, 0.05) is 42.0 Å². The number of allylic oxidation sites excluding steroid dienone is 2. The van der Waals surface area contributed by atoms with E-state index >= 15 is 0 Å². The molecule has 0 radical (unpaired) electrons. The molecule has 1 amide bonds. The Bertz CT molecular complexity index is 1000. The SMILES string of the molecule is C=CC1=C(/C=C\C)C(CC(=O)OCCN2CCOCC2)O/C1=C1/C(=O)Nc2ccccc21. The van der Waals surface area contributed by atoms with Crippen LogP contribution >= 0.6 is 0 Å². The summed E-state index contributed by atoms with van der Waals surface area (Å²) in [5.41, 5.74) is 3.51. The first kappa shape index (κ1) is 22.0. The van der Waals surface area contributed by atoms with Gasteiger partial charge in [-0.05, 0) is 13.0 Å². The van der Waals surface area contributed by atoms with Gasteiger partial charge in [0.1, 0.15) is 18.5 Å². The highest BCUT2D eigenvalue weighted by atomic mass is 16.5. The summed E-state index contributed by atoms with van der Waals surface area (Å²) in [7, 11) is 0. The van der Waals surface area contributed by atoms with Crippen molar-refractivity contribution >= 4 is 23.1 Å². The Morgan fingerprint density at radius 2 is 2.09 bits per heavy atom. The molecular formula is C25H28N2O5. The van der Waals surface area contributed by atoms with Crippen LogP contribution in [0, 0.1) is 0 Å². The van der Waals surface area contributed by atoms with Crippen LogP contribution < -0.4 is 5.32 Å². The van der Waals surface area contributed by atoms with Crippen LogP contribution in [0.25, 0.3) is 5.57 Å². The quantitative estimate of drug-likeness (QED) is 0.523. The standard InChI is InChI=1S/C25H28N2O5/c1-3-7-18-17(4-2)24(23-19-8-5-6-9-20(19)26-25(23)29)32-21(18)16-22(28)31-15-12-27-10-13-30-14-11-27/h3-9,21H,2,10-16H2,1H3,(H,26,29)/b7-3-,24-23+.